The van der Waals surface area contributed by atoms with Gasteiger partial charge >= 0.3 is 5.97 Å². The van der Waals surface area contributed by atoms with E-state index in [1.165, 1.54) is 45.3 Å². The van der Waals surface area contributed by atoms with Crippen LogP contribution in [0.4, 0.5) is 5.13 Å². The molecule has 16 nitrogen and oxygen atoms in total. The molecule has 0 spiro atoms. The molecule has 4 N–H and O–H groups in total. The van der Waals surface area contributed by atoms with Crippen molar-refractivity contribution in [1.82, 2.24) is 35.4 Å². The molecule has 3 amide bonds. The minimum atomic E-state index is -1.27. The first-order chi connectivity index (χ1) is 18.9. The van der Waals surface area contributed by atoms with Crippen LogP contribution < -0.4 is 10.6 Å². The number of nitrogens with one attached hydrogen (secondary N) is 2. The zero-order valence-electron chi connectivity index (χ0n) is 20.0. The smallest absolute Gasteiger partial charge is 0.352 e. The van der Waals surface area contributed by atoms with E-state index >= 15 is 0 Å². The zero-order valence-corrected chi connectivity index (χ0v) is 23.3. The largest absolute Gasteiger partial charge is 0.477 e. The van der Waals surface area contributed by atoms with Gasteiger partial charge in [0.05, 0.1) is 13.2 Å². The number of tetrazole rings is 1. The van der Waals surface area contributed by atoms with E-state index in [9.17, 15) is 24.3 Å². The Bertz CT molecular complexity index is 1310. The average molecular weight is 616 g/mol. The average Bonchev–Trinajstić information content (AvgIpc) is 3.57. The van der Waals surface area contributed by atoms with Gasteiger partial charge in [-0.25, -0.2) is 14.5 Å². The number of carboxylic acids is 1. The number of carbonyl (C=O) groups excluding carboxylic acids is 3. The molecule has 0 saturated carbocycles. The SMILES string of the molecule is CSCO/N=C(/C(=O)NC1C(=O)N2C(C(=O)O)=C(CSc3nnnn3CCO)CS[C@H]12)c1csc(NC=O)n1. The number of thioether (sulfide) groups is 3. The number of rotatable bonds is 14. The highest BCUT2D eigenvalue weighted by atomic mass is 32.2. The maximum atomic E-state index is 13.1. The van der Waals surface area contributed by atoms with E-state index in [-0.39, 0.29) is 47.1 Å². The van der Waals surface area contributed by atoms with Crippen LogP contribution in [0.25, 0.3) is 0 Å². The molecule has 39 heavy (non-hydrogen) atoms. The molecule has 2 aromatic heterocycles. The van der Waals surface area contributed by atoms with E-state index in [0.29, 0.717) is 22.9 Å². The lowest BCUT2D eigenvalue weighted by Gasteiger charge is -2.49. The monoisotopic (exact) mass is 615 g/mol. The standard InChI is InChI=1S/C19H21N9O7S4/c1-36-8-35-24-11(10-6-38-18(21-10)20-7-30)14(31)22-12-15(32)28-13(17(33)34)9(4-37-16(12)28)5-39-19-23-25-26-27(19)2-3-29/h6-7,12,16,29H,2-5,8H2,1H3,(H,22,31)(H,33,34)(H,20,21,30)/b24-11+/t12?,16-/m1/s1. The lowest BCUT2D eigenvalue weighted by atomic mass is 10.0. The molecule has 1 fully saturated rings. The fourth-order valence-corrected chi connectivity index (χ4v) is 6.74. The summed E-state index contributed by atoms with van der Waals surface area (Å²) >= 11 is 4.90. The molecular weight excluding hydrogens is 595 g/mol. The van der Waals surface area contributed by atoms with Gasteiger partial charge in [0.2, 0.25) is 11.6 Å². The molecule has 0 radical (unpaired) electrons. The van der Waals surface area contributed by atoms with Gasteiger partial charge in [0.25, 0.3) is 11.8 Å². The van der Waals surface area contributed by atoms with E-state index in [4.69, 9.17) is 9.94 Å². The second-order valence-electron chi connectivity index (χ2n) is 7.59. The molecule has 2 aliphatic rings. The minimum absolute atomic E-state index is 0.136. The number of fused-ring (bicyclic) bond motifs is 1. The third kappa shape index (κ3) is 6.35. The van der Waals surface area contributed by atoms with Gasteiger partial charge in [0.15, 0.2) is 16.8 Å². The first-order valence-corrected chi connectivity index (χ1v) is 15.3. The number of aliphatic carboxylic acids is 1. The van der Waals surface area contributed by atoms with Crippen LogP contribution >= 0.6 is 46.6 Å². The Kier molecular flexibility index (Phi) is 9.78. The summed E-state index contributed by atoms with van der Waals surface area (Å²) in [6, 6.07) is -1.00. The fourth-order valence-electron chi connectivity index (χ4n) is 3.54. The fraction of sp³-hybridized carbons (Fsp3) is 0.421. The normalized spacial score (nSPS) is 18.9. The molecule has 0 bridgehead atoms. The molecule has 4 rings (SSSR count). The molecule has 1 saturated heterocycles. The maximum absolute atomic E-state index is 13.1. The lowest BCUT2D eigenvalue weighted by molar-refractivity contribution is -0.150. The Morgan fingerprint density at radius 3 is 2.95 bits per heavy atom. The highest BCUT2D eigenvalue weighted by Gasteiger charge is 2.54. The molecule has 2 atom stereocenters. The Hall–Kier alpha value is -3.20. The van der Waals surface area contributed by atoms with Crippen LogP contribution in [0.5, 0.6) is 0 Å². The summed E-state index contributed by atoms with van der Waals surface area (Å²) in [6.07, 6.45) is 2.23. The number of aromatic nitrogens is 5. The predicted molar refractivity (Wildman–Crippen MR) is 143 cm³/mol. The third-order valence-electron chi connectivity index (χ3n) is 5.19. The van der Waals surface area contributed by atoms with Gasteiger partial charge in [-0.15, -0.1) is 40.0 Å². The van der Waals surface area contributed by atoms with Crippen LogP contribution in [0.15, 0.2) is 27.0 Å². The van der Waals surface area contributed by atoms with Gasteiger partial charge in [-0.1, -0.05) is 16.9 Å². The van der Waals surface area contributed by atoms with E-state index < -0.39 is 29.2 Å². The van der Waals surface area contributed by atoms with Crippen LogP contribution in [-0.2, 0) is 30.6 Å². The molecule has 20 heteroatoms. The summed E-state index contributed by atoms with van der Waals surface area (Å²) in [7, 11) is 0. The molecule has 2 aromatic rings. The van der Waals surface area contributed by atoms with Gasteiger partial charge in [0, 0.05) is 16.9 Å². The van der Waals surface area contributed by atoms with E-state index in [2.05, 4.69) is 36.3 Å². The van der Waals surface area contributed by atoms with Crippen LogP contribution in [0, 0.1) is 0 Å². The molecule has 1 unspecified atom stereocenters. The van der Waals surface area contributed by atoms with Crippen molar-refractivity contribution in [3.8, 4) is 0 Å². The summed E-state index contributed by atoms with van der Waals surface area (Å²) in [6.45, 7) is 0.0242. The zero-order chi connectivity index (χ0) is 27.9. The molecular formula is C19H21N9O7S4. The van der Waals surface area contributed by atoms with Crippen molar-refractivity contribution in [3.05, 3.63) is 22.3 Å². The summed E-state index contributed by atoms with van der Waals surface area (Å²) in [5, 5.41) is 40.6. The topological polar surface area (TPSA) is 214 Å². The Balaban J connectivity index is 1.48. The maximum Gasteiger partial charge on any atom is 0.352 e. The number of carbonyl (C=O) groups is 4. The van der Waals surface area contributed by atoms with E-state index in [1.54, 1.807) is 6.26 Å². The van der Waals surface area contributed by atoms with Crippen molar-refractivity contribution in [2.24, 2.45) is 5.16 Å². The number of oxime groups is 1. The number of anilines is 1. The second kappa shape index (κ2) is 13.2. The molecule has 208 valence electrons. The Labute approximate surface area is 237 Å². The molecule has 0 aromatic carbocycles. The summed E-state index contributed by atoms with van der Waals surface area (Å²) < 4.78 is 1.40. The van der Waals surface area contributed by atoms with Crippen LogP contribution in [0.3, 0.4) is 0 Å². The van der Waals surface area contributed by atoms with Crippen molar-refractivity contribution in [2.45, 2.75) is 23.1 Å². The molecule has 4 heterocycles. The summed E-state index contributed by atoms with van der Waals surface area (Å²) in [4.78, 5) is 59.5. The number of hydrogen-bond donors (Lipinski definition) is 4. The van der Waals surface area contributed by atoms with E-state index in [0.717, 1.165) is 16.2 Å². The summed E-state index contributed by atoms with van der Waals surface area (Å²) in [5.41, 5.74) is 0.287. The summed E-state index contributed by atoms with van der Waals surface area (Å²) in [5.74, 6) is -1.93. The van der Waals surface area contributed by atoms with Crippen molar-refractivity contribution in [3.63, 3.8) is 0 Å². The van der Waals surface area contributed by atoms with Gasteiger partial charge in [-0.3, -0.25) is 19.3 Å². The van der Waals surface area contributed by atoms with Gasteiger partial charge in [-0.05, 0) is 22.3 Å². The second-order valence-corrected chi connectivity index (χ2v) is 11.3. The Morgan fingerprint density at radius 1 is 1.41 bits per heavy atom. The highest BCUT2D eigenvalue weighted by molar-refractivity contribution is 8.01. The highest BCUT2D eigenvalue weighted by Crippen LogP contribution is 2.41. The molecule has 2 aliphatic heterocycles. The third-order valence-corrected chi connectivity index (χ3v) is 8.69. The number of amides is 3. The van der Waals surface area contributed by atoms with E-state index in [1.807, 2.05) is 0 Å². The minimum Gasteiger partial charge on any atom is -0.477 e. The van der Waals surface area contributed by atoms with Crippen LogP contribution in [-0.4, -0.2) is 112 Å². The first kappa shape index (κ1) is 28.8. The molecule has 0 aliphatic carbocycles. The lowest BCUT2D eigenvalue weighted by Crippen LogP contribution is -2.71. The van der Waals surface area contributed by atoms with Crippen molar-refractivity contribution in [2.75, 3.05) is 35.6 Å². The van der Waals surface area contributed by atoms with Crippen molar-refractivity contribution < 1.29 is 34.2 Å². The first-order valence-electron chi connectivity index (χ1n) is 10.9. The Morgan fingerprint density at radius 2 is 2.23 bits per heavy atom. The van der Waals surface area contributed by atoms with Gasteiger partial charge in [-0.2, -0.15) is 0 Å². The number of hydrogen-bond acceptors (Lipinski definition) is 15. The number of thiazole rings is 1. The quantitative estimate of drug-likeness (QED) is 0.0392. The number of carboxylic acid groups (broad SMARTS) is 1. The van der Waals surface area contributed by atoms with Crippen LogP contribution in [0.1, 0.15) is 5.69 Å². The van der Waals surface area contributed by atoms with Gasteiger partial charge in [0.1, 0.15) is 22.8 Å². The van der Waals surface area contributed by atoms with Crippen molar-refractivity contribution in [1.29, 1.82) is 0 Å². The number of aliphatic hydroxyl groups excluding tert-OH is 1. The van der Waals surface area contributed by atoms with Crippen molar-refractivity contribution >= 4 is 81.7 Å². The predicted octanol–water partition coefficient (Wildman–Crippen LogP) is -0.738. The number of nitrogens with zero attached hydrogens (tertiary/aromatic N) is 7. The van der Waals surface area contributed by atoms with Crippen LogP contribution in [0.2, 0.25) is 0 Å². The number of aliphatic hydroxyl groups is 1. The number of β-lactam (4-membered cyclic amide) rings is 1. The van der Waals surface area contributed by atoms with Gasteiger partial charge < -0.3 is 25.7 Å².